The number of sulfonamides is 1. The van der Waals surface area contributed by atoms with E-state index in [1.807, 2.05) is 18.2 Å². The lowest BCUT2D eigenvalue weighted by Crippen LogP contribution is -2.62. The van der Waals surface area contributed by atoms with Crippen LogP contribution in [-0.4, -0.2) is 86.7 Å². The van der Waals surface area contributed by atoms with Crippen LogP contribution in [0.5, 0.6) is 0 Å². The normalized spacial score (nSPS) is 28.5. The predicted molar refractivity (Wildman–Crippen MR) is 114 cm³/mol. The third-order valence-corrected chi connectivity index (χ3v) is 7.68. The van der Waals surface area contributed by atoms with Crippen LogP contribution in [0.4, 0.5) is 0 Å². The van der Waals surface area contributed by atoms with Crippen LogP contribution in [0.15, 0.2) is 30.3 Å². The number of hydrogen-bond acceptors (Lipinski definition) is 6. The molecule has 170 valence electrons. The highest BCUT2D eigenvalue weighted by Crippen LogP contribution is 2.35. The molecule has 3 fully saturated rings. The Morgan fingerprint density at radius 1 is 1.26 bits per heavy atom. The van der Waals surface area contributed by atoms with Gasteiger partial charge < -0.3 is 15.4 Å². The van der Waals surface area contributed by atoms with Gasteiger partial charge in [-0.25, -0.2) is 8.42 Å². The molecule has 1 spiro atoms. The van der Waals surface area contributed by atoms with Crippen molar-refractivity contribution in [1.29, 1.82) is 0 Å². The number of nitrogens with zero attached hydrogens (tertiary/aromatic N) is 2. The number of likely N-dealkylation sites (tertiary alicyclic amines) is 1. The van der Waals surface area contributed by atoms with Gasteiger partial charge in [0.2, 0.25) is 15.9 Å². The summed E-state index contributed by atoms with van der Waals surface area (Å²) >= 11 is 0. The average molecular weight is 451 g/mol. The molecular formula is C21H30N4O5S. The smallest absolute Gasteiger partial charge is 0.254 e. The molecular weight excluding hydrogens is 420 g/mol. The highest BCUT2D eigenvalue weighted by atomic mass is 32.2. The largest absolute Gasteiger partial charge is 0.361 e. The lowest BCUT2D eigenvalue weighted by Gasteiger charge is -2.37. The Bertz CT molecular complexity index is 917. The monoisotopic (exact) mass is 450 g/mol. The molecule has 2 atom stereocenters. The van der Waals surface area contributed by atoms with Gasteiger partial charge >= 0.3 is 0 Å². The molecule has 31 heavy (non-hydrogen) atoms. The molecule has 10 heteroatoms. The molecule has 4 rings (SSSR count). The third-order valence-electron chi connectivity index (χ3n) is 6.46. The van der Waals surface area contributed by atoms with Gasteiger partial charge in [0.15, 0.2) is 5.60 Å². The molecule has 0 radical (unpaired) electrons. The van der Waals surface area contributed by atoms with Crippen LogP contribution >= 0.6 is 0 Å². The SMILES string of the molecule is CS(=O)(=O)N1CC(C(=O)NC2CCN(Cc3ccccc3)CC2)C2(C1)OCCNC2=O. The van der Waals surface area contributed by atoms with Crippen LogP contribution in [0, 0.1) is 5.92 Å². The Labute approximate surface area is 183 Å². The van der Waals surface area contributed by atoms with E-state index in [1.54, 1.807) is 0 Å². The summed E-state index contributed by atoms with van der Waals surface area (Å²) in [5.41, 5.74) is -0.196. The molecule has 0 aromatic heterocycles. The van der Waals surface area contributed by atoms with Gasteiger partial charge in [-0.15, -0.1) is 0 Å². The second-order valence-corrected chi connectivity index (χ2v) is 10.6. The van der Waals surface area contributed by atoms with Crippen molar-refractivity contribution in [2.24, 2.45) is 5.92 Å². The summed E-state index contributed by atoms with van der Waals surface area (Å²) < 4.78 is 31.2. The lowest BCUT2D eigenvalue weighted by atomic mass is 9.87. The minimum absolute atomic E-state index is 0.00416. The highest BCUT2D eigenvalue weighted by Gasteiger charge is 2.59. The van der Waals surface area contributed by atoms with Gasteiger partial charge in [-0.1, -0.05) is 30.3 Å². The predicted octanol–water partition coefficient (Wildman–Crippen LogP) is -0.456. The Kier molecular flexibility index (Phi) is 6.34. The molecule has 1 aromatic rings. The Morgan fingerprint density at radius 2 is 1.97 bits per heavy atom. The van der Waals surface area contributed by atoms with Crippen LogP contribution in [0.1, 0.15) is 18.4 Å². The Hall–Kier alpha value is -2.01. The van der Waals surface area contributed by atoms with Crippen molar-refractivity contribution in [3.63, 3.8) is 0 Å². The number of nitrogens with one attached hydrogen (secondary N) is 2. The summed E-state index contributed by atoms with van der Waals surface area (Å²) in [4.78, 5) is 28.2. The number of hydrogen-bond donors (Lipinski definition) is 2. The van der Waals surface area contributed by atoms with E-state index in [0.717, 1.165) is 38.7 Å². The summed E-state index contributed by atoms with van der Waals surface area (Å²) in [6.45, 7) is 3.03. The molecule has 3 saturated heterocycles. The van der Waals surface area contributed by atoms with Crippen LogP contribution in [-0.2, 0) is 30.9 Å². The maximum absolute atomic E-state index is 13.2. The first-order valence-electron chi connectivity index (χ1n) is 10.7. The molecule has 3 heterocycles. The zero-order chi connectivity index (χ0) is 22.1. The van der Waals surface area contributed by atoms with E-state index < -0.39 is 27.4 Å². The average Bonchev–Trinajstić information content (AvgIpc) is 3.13. The molecule has 3 aliphatic heterocycles. The van der Waals surface area contributed by atoms with E-state index in [1.165, 1.54) is 9.87 Å². The molecule has 3 aliphatic rings. The van der Waals surface area contributed by atoms with E-state index in [-0.39, 0.29) is 31.6 Å². The zero-order valence-electron chi connectivity index (χ0n) is 17.7. The summed E-state index contributed by atoms with van der Waals surface area (Å²) in [5.74, 6) is -1.60. The molecule has 2 N–H and O–H groups in total. The van der Waals surface area contributed by atoms with Crippen molar-refractivity contribution >= 4 is 21.8 Å². The number of piperidine rings is 1. The maximum atomic E-state index is 13.2. The number of benzene rings is 1. The van der Waals surface area contributed by atoms with Gasteiger partial charge in [-0.2, -0.15) is 4.31 Å². The maximum Gasteiger partial charge on any atom is 0.254 e. The first-order valence-corrected chi connectivity index (χ1v) is 12.6. The van der Waals surface area contributed by atoms with Crippen LogP contribution in [0.3, 0.4) is 0 Å². The standard InChI is InChI=1S/C21H30N4O5S/c1-31(28,29)25-14-18(21(15-25)20(27)22-9-12-30-21)19(26)23-17-7-10-24(11-8-17)13-16-5-3-2-4-6-16/h2-6,17-18H,7-15H2,1H3,(H,22,27)(H,23,26). The van der Waals surface area contributed by atoms with Crippen LogP contribution < -0.4 is 10.6 Å². The van der Waals surface area contributed by atoms with Gasteiger partial charge in [0.05, 0.1) is 25.3 Å². The zero-order valence-corrected chi connectivity index (χ0v) is 18.6. The van der Waals surface area contributed by atoms with Crippen molar-refractivity contribution in [1.82, 2.24) is 19.8 Å². The molecule has 1 aromatic carbocycles. The first-order chi connectivity index (χ1) is 14.8. The van der Waals surface area contributed by atoms with E-state index in [0.29, 0.717) is 6.54 Å². The summed E-state index contributed by atoms with van der Waals surface area (Å²) in [6.07, 6.45) is 2.70. The number of carbonyl (C=O) groups excluding carboxylic acids is 2. The van der Waals surface area contributed by atoms with Crippen LogP contribution in [0.2, 0.25) is 0 Å². The summed E-state index contributed by atoms with van der Waals surface area (Å²) in [5, 5.41) is 5.79. The van der Waals surface area contributed by atoms with E-state index in [4.69, 9.17) is 4.74 Å². The molecule has 2 unspecified atom stereocenters. The molecule has 0 saturated carbocycles. The molecule has 2 amide bonds. The van der Waals surface area contributed by atoms with Crippen molar-refractivity contribution in [2.45, 2.75) is 31.0 Å². The number of ether oxygens (including phenoxy) is 1. The lowest BCUT2D eigenvalue weighted by molar-refractivity contribution is -0.163. The quantitative estimate of drug-likeness (QED) is 0.629. The molecule has 0 aliphatic carbocycles. The second kappa shape index (κ2) is 8.85. The van der Waals surface area contributed by atoms with Crippen LogP contribution in [0.25, 0.3) is 0 Å². The third kappa shape index (κ3) is 4.77. The number of rotatable bonds is 5. The molecule has 9 nitrogen and oxygen atoms in total. The van der Waals surface area contributed by atoms with Gasteiger partial charge in [0, 0.05) is 38.8 Å². The fourth-order valence-corrected chi connectivity index (χ4v) is 5.55. The van der Waals surface area contributed by atoms with Gasteiger partial charge in [0.1, 0.15) is 0 Å². The van der Waals surface area contributed by atoms with Crippen molar-refractivity contribution in [3.05, 3.63) is 35.9 Å². The first kappa shape index (κ1) is 22.2. The van der Waals surface area contributed by atoms with Crippen molar-refractivity contribution in [3.8, 4) is 0 Å². The number of amides is 2. The Balaban J connectivity index is 1.38. The fourth-order valence-electron chi connectivity index (χ4n) is 4.70. The second-order valence-electron chi connectivity index (χ2n) is 8.65. The van der Waals surface area contributed by atoms with Crippen molar-refractivity contribution in [2.75, 3.05) is 45.6 Å². The van der Waals surface area contributed by atoms with E-state index in [2.05, 4.69) is 27.7 Å². The molecule has 0 bridgehead atoms. The highest BCUT2D eigenvalue weighted by molar-refractivity contribution is 7.88. The minimum Gasteiger partial charge on any atom is -0.361 e. The van der Waals surface area contributed by atoms with Gasteiger partial charge in [-0.3, -0.25) is 14.5 Å². The van der Waals surface area contributed by atoms with E-state index in [9.17, 15) is 18.0 Å². The van der Waals surface area contributed by atoms with Gasteiger partial charge in [0.25, 0.3) is 5.91 Å². The Morgan fingerprint density at radius 3 is 2.61 bits per heavy atom. The summed E-state index contributed by atoms with van der Waals surface area (Å²) in [7, 11) is -3.55. The topological polar surface area (TPSA) is 108 Å². The fraction of sp³-hybridized carbons (Fsp3) is 0.619. The van der Waals surface area contributed by atoms with Crippen molar-refractivity contribution < 1.29 is 22.7 Å². The summed E-state index contributed by atoms with van der Waals surface area (Å²) in [6, 6.07) is 10.3. The van der Waals surface area contributed by atoms with E-state index >= 15 is 0 Å². The number of carbonyl (C=O) groups is 2. The van der Waals surface area contributed by atoms with Gasteiger partial charge in [-0.05, 0) is 18.4 Å². The minimum atomic E-state index is -3.55. The number of morpholine rings is 1.